The molecule has 0 bridgehead atoms. The van der Waals surface area contributed by atoms with Gasteiger partial charge in [-0.1, -0.05) is 12.1 Å². The predicted octanol–water partition coefficient (Wildman–Crippen LogP) is 3.60. The number of ether oxygens (including phenoxy) is 1. The van der Waals surface area contributed by atoms with Crippen LogP contribution in [0.3, 0.4) is 0 Å². The lowest BCUT2D eigenvalue weighted by molar-refractivity contribution is -0.114. The molecule has 0 spiro atoms. The fourth-order valence-corrected chi connectivity index (χ4v) is 3.23. The van der Waals surface area contributed by atoms with Gasteiger partial charge in [0.15, 0.2) is 0 Å². The minimum atomic E-state index is -0.278. The largest absolute Gasteiger partial charge is 0.487 e. The highest BCUT2D eigenvalue weighted by molar-refractivity contribution is 5.90. The van der Waals surface area contributed by atoms with E-state index >= 15 is 0 Å². The van der Waals surface area contributed by atoms with Gasteiger partial charge in [0, 0.05) is 24.4 Å². The van der Waals surface area contributed by atoms with Crippen LogP contribution in [0.5, 0.6) is 5.75 Å². The Morgan fingerprint density at radius 2 is 1.94 bits per heavy atom. The summed E-state index contributed by atoms with van der Waals surface area (Å²) in [6.07, 6.45) is 1.38. The van der Waals surface area contributed by atoms with Gasteiger partial charge in [0.25, 0.3) is 0 Å². The van der Waals surface area contributed by atoms with Crippen molar-refractivity contribution < 1.29 is 13.9 Å². The summed E-state index contributed by atoms with van der Waals surface area (Å²) in [6, 6.07) is 10.4. The molecule has 1 aromatic heterocycles. The lowest BCUT2D eigenvalue weighted by Crippen LogP contribution is -2.54. The first-order valence-corrected chi connectivity index (χ1v) is 9.90. The molecule has 0 radical (unpaired) electrons. The molecule has 0 atom stereocenters. The van der Waals surface area contributed by atoms with Crippen molar-refractivity contribution in [2.75, 3.05) is 28.6 Å². The average Bonchev–Trinajstić information content (AvgIpc) is 2.70. The van der Waals surface area contributed by atoms with E-state index in [1.807, 2.05) is 30.0 Å². The summed E-state index contributed by atoms with van der Waals surface area (Å²) in [6.45, 7) is 6.28. The van der Waals surface area contributed by atoms with E-state index in [1.165, 1.54) is 19.3 Å². The summed E-state index contributed by atoms with van der Waals surface area (Å²) in [5, 5.41) is 5.98. The molecular weight excluding hydrogens is 399 g/mol. The van der Waals surface area contributed by atoms with Gasteiger partial charge in [0.2, 0.25) is 17.8 Å². The zero-order chi connectivity index (χ0) is 22.0. The van der Waals surface area contributed by atoms with E-state index in [0.29, 0.717) is 36.3 Å². The highest BCUT2D eigenvalue weighted by Gasteiger charge is 2.31. The van der Waals surface area contributed by atoms with Gasteiger partial charge in [-0.05, 0) is 43.2 Å². The summed E-state index contributed by atoms with van der Waals surface area (Å²) in [5.74, 6) is 1.03. The second kappa shape index (κ2) is 8.55. The van der Waals surface area contributed by atoms with Gasteiger partial charge in [-0.2, -0.15) is 4.98 Å². The maximum atomic E-state index is 13.7. The van der Waals surface area contributed by atoms with Crippen molar-refractivity contribution in [2.24, 2.45) is 0 Å². The van der Waals surface area contributed by atoms with Crippen molar-refractivity contribution >= 4 is 29.2 Å². The third-order valence-electron chi connectivity index (χ3n) is 5.03. The number of hydrogen-bond donors (Lipinski definition) is 2. The molecule has 4 rings (SSSR count). The maximum Gasteiger partial charge on any atom is 0.232 e. The van der Waals surface area contributed by atoms with Crippen LogP contribution < -0.4 is 20.3 Å². The molecule has 1 fully saturated rings. The van der Waals surface area contributed by atoms with Crippen molar-refractivity contribution in [3.05, 3.63) is 59.7 Å². The molecule has 9 heteroatoms. The Bertz CT molecular complexity index is 1120. The van der Waals surface area contributed by atoms with E-state index in [1.54, 1.807) is 19.1 Å². The van der Waals surface area contributed by atoms with E-state index in [2.05, 4.69) is 25.6 Å². The van der Waals surface area contributed by atoms with Crippen molar-refractivity contribution in [2.45, 2.75) is 26.9 Å². The first kappa shape index (κ1) is 20.5. The molecule has 0 saturated carbocycles. The second-order valence-corrected chi connectivity index (χ2v) is 7.45. The van der Waals surface area contributed by atoms with Gasteiger partial charge in [0.05, 0.1) is 13.1 Å². The summed E-state index contributed by atoms with van der Waals surface area (Å²) in [5.41, 5.74) is 2.98. The van der Waals surface area contributed by atoms with E-state index in [-0.39, 0.29) is 17.8 Å². The number of aryl methyl sites for hydroxylation is 1. The first-order valence-electron chi connectivity index (χ1n) is 9.90. The normalized spacial score (nSPS) is 13.5. The number of benzene rings is 2. The van der Waals surface area contributed by atoms with Gasteiger partial charge in [-0.15, -0.1) is 0 Å². The molecule has 2 N–H and O–H groups in total. The molecular formula is C22H23FN6O2. The molecule has 8 nitrogen and oxygen atoms in total. The third-order valence-corrected chi connectivity index (χ3v) is 5.03. The molecule has 1 aliphatic rings. The Labute approximate surface area is 179 Å². The minimum Gasteiger partial charge on any atom is -0.487 e. The lowest BCUT2D eigenvalue weighted by atomic mass is 10.1. The topological polar surface area (TPSA) is 92.3 Å². The van der Waals surface area contributed by atoms with Crippen molar-refractivity contribution in [1.29, 1.82) is 0 Å². The number of anilines is 4. The van der Waals surface area contributed by atoms with Crippen LogP contribution in [0.1, 0.15) is 18.1 Å². The summed E-state index contributed by atoms with van der Waals surface area (Å²) < 4.78 is 19.5. The Balaban J connectivity index is 1.39. The average molecular weight is 422 g/mol. The highest BCUT2D eigenvalue weighted by Crippen LogP contribution is 2.27. The Kier molecular flexibility index (Phi) is 5.66. The number of rotatable bonds is 6. The molecule has 31 heavy (non-hydrogen) atoms. The fourth-order valence-electron chi connectivity index (χ4n) is 3.23. The molecule has 3 aromatic rings. The predicted molar refractivity (Wildman–Crippen MR) is 116 cm³/mol. The van der Waals surface area contributed by atoms with Crippen LogP contribution >= 0.6 is 0 Å². The quantitative estimate of drug-likeness (QED) is 0.627. The van der Waals surface area contributed by atoms with Crippen LogP contribution in [0.25, 0.3) is 0 Å². The molecule has 0 unspecified atom stereocenters. The van der Waals surface area contributed by atoms with Gasteiger partial charge in [-0.25, -0.2) is 14.4 Å². The number of carbonyl (C=O) groups excluding carboxylic acids is 1. The summed E-state index contributed by atoms with van der Waals surface area (Å²) >= 11 is 0. The van der Waals surface area contributed by atoms with Gasteiger partial charge in [-0.3, -0.25) is 4.79 Å². The second-order valence-electron chi connectivity index (χ2n) is 7.45. The molecule has 1 aliphatic heterocycles. The van der Waals surface area contributed by atoms with Crippen molar-refractivity contribution in [1.82, 2.24) is 15.0 Å². The zero-order valence-electron chi connectivity index (χ0n) is 17.5. The van der Waals surface area contributed by atoms with Gasteiger partial charge in [0.1, 0.15) is 24.0 Å². The zero-order valence-corrected chi connectivity index (χ0v) is 17.5. The molecule has 2 heterocycles. The van der Waals surface area contributed by atoms with Crippen LogP contribution in [0.15, 0.2) is 42.7 Å². The fraction of sp³-hybridized carbons (Fsp3) is 0.273. The minimum absolute atomic E-state index is 0.0631. The van der Waals surface area contributed by atoms with Crippen LogP contribution in [-0.4, -0.2) is 40.1 Å². The molecule has 1 amide bonds. The Morgan fingerprint density at radius 3 is 2.68 bits per heavy atom. The van der Waals surface area contributed by atoms with Crippen LogP contribution in [-0.2, 0) is 4.79 Å². The Morgan fingerprint density at radius 1 is 1.16 bits per heavy atom. The van der Waals surface area contributed by atoms with Crippen molar-refractivity contribution in [3.8, 4) is 5.75 Å². The third kappa shape index (κ3) is 4.71. The number of nitrogens with one attached hydrogen (secondary N) is 2. The number of nitrogens with zero attached hydrogens (tertiary/aromatic N) is 4. The number of halogens is 1. The molecule has 0 aliphatic carbocycles. The Hall–Kier alpha value is -3.75. The van der Waals surface area contributed by atoms with Crippen LogP contribution in [0.2, 0.25) is 0 Å². The van der Waals surface area contributed by atoms with Gasteiger partial charge < -0.3 is 20.3 Å². The number of amides is 1. The standard InChI is InChI=1S/C22H23FN6O2/c1-13-7-8-16(9-18(13)23)31-17-10-29(11-17)22-25-12-24-21(28-22)27-20-6-4-5-19(14(20)2)26-15(3)30/h4-9,12,17H,10-11H2,1-3H3,(H,26,30)(H,24,25,27,28). The van der Waals surface area contributed by atoms with E-state index in [9.17, 15) is 9.18 Å². The maximum absolute atomic E-state index is 13.7. The van der Waals surface area contributed by atoms with E-state index in [0.717, 1.165) is 16.9 Å². The van der Waals surface area contributed by atoms with Gasteiger partial charge >= 0.3 is 0 Å². The molecule has 1 saturated heterocycles. The molecule has 2 aromatic carbocycles. The molecule has 160 valence electrons. The number of carbonyl (C=O) groups is 1. The van der Waals surface area contributed by atoms with E-state index in [4.69, 9.17) is 4.74 Å². The monoisotopic (exact) mass is 422 g/mol. The smallest absolute Gasteiger partial charge is 0.232 e. The van der Waals surface area contributed by atoms with Crippen molar-refractivity contribution in [3.63, 3.8) is 0 Å². The van der Waals surface area contributed by atoms with Crippen LogP contribution in [0.4, 0.5) is 27.7 Å². The SMILES string of the molecule is CC(=O)Nc1cccc(Nc2ncnc(N3CC(Oc4ccc(C)c(F)c4)C3)n2)c1C. The van der Waals surface area contributed by atoms with E-state index < -0.39 is 0 Å². The van der Waals surface area contributed by atoms with Crippen LogP contribution in [0, 0.1) is 19.7 Å². The number of hydrogen-bond acceptors (Lipinski definition) is 7. The number of aromatic nitrogens is 3. The summed E-state index contributed by atoms with van der Waals surface area (Å²) in [4.78, 5) is 26.2. The summed E-state index contributed by atoms with van der Waals surface area (Å²) in [7, 11) is 0. The first-order chi connectivity index (χ1) is 14.9. The lowest BCUT2D eigenvalue weighted by Gasteiger charge is -2.38. The highest BCUT2D eigenvalue weighted by atomic mass is 19.1.